The van der Waals surface area contributed by atoms with Gasteiger partial charge < -0.3 is 5.32 Å². The van der Waals surface area contributed by atoms with E-state index in [4.69, 9.17) is 5.10 Å². The molecule has 0 aliphatic rings. The quantitative estimate of drug-likeness (QED) is 0.720. The van der Waals surface area contributed by atoms with Crippen molar-refractivity contribution in [2.75, 3.05) is 0 Å². The van der Waals surface area contributed by atoms with Crippen molar-refractivity contribution in [3.8, 4) is 0 Å². The topological polar surface area (TPSA) is 47.7 Å². The third-order valence-electron chi connectivity index (χ3n) is 4.56. The Labute approximate surface area is 149 Å². The fourth-order valence-corrected chi connectivity index (χ4v) is 3.09. The highest BCUT2D eigenvalue weighted by molar-refractivity contribution is 5.26. The van der Waals surface area contributed by atoms with Crippen LogP contribution in [0.2, 0.25) is 0 Å². The number of nitrogens with one attached hydrogen (secondary N) is 1. The molecule has 0 bridgehead atoms. The fraction of sp³-hybridized carbons (Fsp3) is 0.400. The average Bonchev–Trinajstić information content (AvgIpc) is 3.10. The predicted molar refractivity (Wildman–Crippen MR) is 101 cm³/mol. The summed E-state index contributed by atoms with van der Waals surface area (Å²) in [5.41, 5.74) is 6.09. The molecule has 0 fully saturated rings. The first-order valence-corrected chi connectivity index (χ1v) is 8.82. The summed E-state index contributed by atoms with van der Waals surface area (Å²) in [6.45, 7) is 11.0. The minimum absolute atomic E-state index is 0.343. The summed E-state index contributed by atoms with van der Waals surface area (Å²) >= 11 is 0. The molecule has 0 aliphatic carbocycles. The van der Waals surface area contributed by atoms with Gasteiger partial charge in [-0.2, -0.15) is 10.2 Å². The van der Waals surface area contributed by atoms with Crippen molar-refractivity contribution < 1.29 is 0 Å². The standard InChI is InChI=1S/C20H27N5/c1-15-10-22-24(12-15)13-16(2)21-11-20-17(3)23-25(18(20)4)14-19-8-6-5-7-9-19/h5-10,12,16,21H,11,13-14H2,1-4H3/t16-/m0/s1. The van der Waals surface area contributed by atoms with Crippen molar-refractivity contribution in [1.82, 2.24) is 24.9 Å². The van der Waals surface area contributed by atoms with Gasteiger partial charge in [-0.3, -0.25) is 9.36 Å². The van der Waals surface area contributed by atoms with Gasteiger partial charge in [0.2, 0.25) is 0 Å². The van der Waals surface area contributed by atoms with Gasteiger partial charge in [0.1, 0.15) is 0 Å². The van der Waals surface area contributed by atoms with Crippen LogP contribution in [-0.2, 0) is 19.6 Å². The number of benzene rings is 1. The van der Waals surface area contributed by atoms with Crippen LogP contribution in [-0.4, -0.2) is 25.6 Å². The molecule has 1 N–H and O–H groups in total. The molecule has 1 aromatic carbocycles. The van der Waals surface area contributed by atoms with E-state index in [1.165, 1.54) is 22.4 Å². The number of hydrogen-bond acceptors (Lipinski definition) is 3. The third-order valence-corrected chi connectivity index (χ3v) is 4.56. The highest BCUT2D eigenvalue weighted by Gasteiger charge is 2.13. The minimum Gasteiger partial charge on any atom is -0.308 e. The van der Waals surface area contributed by atoms with Crippen molar-refractivity contribution >= 4 is 0 Å². The first-order valence-electron chi connectivity index (χ1n) is 8.82. The van der Waals surface area contributed by atoms with Crippen molar-refractivity contribution in [1.29, 1.82) is 0 Å². The zero-order valence-electron chi connectivity index (χ0n) is 15.5. The molecule has 0 saturated carbocycles. The van der Waals surface area contributed by atoms with Crippen LogP contribution >= 0.6 is 0 Å². The summed E-state index contributed by atoms with van der Waals surface area (Å²) in [6, 6.07) is 10.8. The van der Waals surface area contributed by atoms with E-state index in [2.05, 4.69) is 73.3 Å². The number of nitrogens with zero attached hydrogens (tertiary/aromatic N) is 4. The van der Waals surface area contributed by atoms with E-state index in [9.17, 15) is 0 Å². The Morgan fingerprint density at radius 2 is 1.88 bits per heavy atom. The van der Waals surface area contributed by atoms with Crippen molar-refractivity contribution in [3.63, 3.8) is 0 Å². The van der Waals surface area contributed by atoms with E-state index in [0.29, 0.717) is 6.04 Å². The Balaban J connectivity index is 1.62. The van der Waals surface area contributed by atoms with Gasteiger partial charge in [-0.1, -0.05) is 30.3 Å². The minimum atomic E-state index is 0.343. The molecule has 0 unspecified atom stereocenters. The highest BCUT2D eigenvalue weighted by Crippen LogP contribution is 2.15. The second kappa shape index (κ2) is 7.66. The molecule has 0 spiro atoms. The zero-order valence-corrected chi connectivity index (χ0v) is 15.5. The first-order chi connectivity index (χ1) is 12.0. The van der Waals surface area contributed by atoms with Crippen LogP contribution in [0.25, 0.3) is 0 Å². The predicted octanol–water partition coefficient (Wildman–Crippen LogP) is 3.23. The van der Waals surface area contributed by atoms with Crippen LogP contribution in [0.5, 0.6) is 0 Å². The summed E-state index contributed by atoms with van der Waals surface area (Å²) < 4.78 is 4.09. The molecule has 0 saturated heterocycles. The molecule has 1 atom stereocenters. The average molecular weight is 337 g/mol. The maximum Gasteiger partial charge on any atom is 0.0662 e. The molecule has 5 heteroatoms. The summed E-state index contributed by atoms with van der Waals surface area (Å²) in [4.78, 5) is 0. The summed E-state index contributed by atoms with van der Waals surface area (Å²) in [5.74, 6) is 0. The van der Waals surface area contributed by atoms with Crippen LogP contribution in [0.4, 0.5) is 0 Å². The summed E-state index contributed by atoms with van der Waals surface area (Å²) in [6.07, 6.45) is 3.97. The molecule has 3 aromatic rings. The molecule has 2 heterocycles. The molecular formula is C20H27N5. The van der Waals surface area contributed by atoms with Gasteiger partial charge in [-0.25, -0.2) is 0 Å². The largest absolute Gasteiger partial charge is 0.308 e. The third kappa shape index (κ3) is 4.37. The Hall–Kier alpha value is -2.40. The molecule has 0 radical (unpaired) electrons. The monoisotopic (exact) mass is 337 g/mol. The molecule has 3 rings (SSSR count). The van der Waals surface area contributed by atoms with Gasteiger partial charge in [0.25, 0.3) is 0 Å². The smallest absolute Gasteiger partial charge is 0.0662 e. The molecule has 0 amide bonds. The van der Waals surface area contributed by atoms with Crippen LogP contribution in [0.1, 0.15) is 35.0 Å². The Bertz CT molecular complexity index is 816. The van der Waals surface area contributed by atoms with Crippen LogP contribution < -0.4 is 5.32 Å². The Kier molecular flexibility index (Phi) is 5.34. The molecule has 25 heavy (non-hydrogen) atoms. The lowest BCUT2D eigenvalue weighted by Crippen LogP contribution is -2.30. The second-order valence-electron chi connectivity index (χ2n) is 6.81. The van der Waals surface area contributed by atoms with Gasteiger partial charge in [0.05, 0.1) is 25.0 Å². The van der Waals surface area contributed by atoms with Gasteiger partial charge >= 0.3 is 0 Å². The Morgan fingerprint density at radius 1 is 1.12 bits per heavy atom. The van der Waals surface area contributed by atoms with E-state index in [1.54, 1.807) is 0 Å². The Morgan fingerprint density at radius 3 is 2.56 bits per heavy atom. The number of hydrogen-bond donors (Lipinski definition) is 1. The van der Waals surface area contributed by atoms with Crippen LogP contribution in [0.3, 0.4) is 0 Å². The lowest BCUT2D eigenvalue weighted by Gasteiger charge is -2.14. The number of aromatic nitrogens is 4. The lowest BCUT2D eigenvalue weighted by atomic mass is 10.1. The zero-order chi connectivity index (χ0) is 17.8. The van der Waals surface area contributed by atoms with E-state index >= 15 is 0 Å². The summed E-state index contributed by atoms with van der Waals surface area (Å²) in [5, 5.41) is 12.7. The second-order valence-corrected chi connectivity index (χ2v) is 6.81. The highest BCUT2D eigenvalue weighted by atomic mass is 15.3. The molecule has 5 nitrogen and oxygen atoms in total. The van der Waals surface area contributed by atoms with Gasteiger partial charge in [0, 0.05) is 30.0 Å². The SMILES string of the molecule is Cc1cnn(C[C@H](C)NCc2c(C)nn(Cc3ccccc3)c2C)c1. The van der Waals surface area contributed by atoms with E-state index < -0.39 is 0 Å². The van der Waals surface area contributed by atoms with E-state index in [0.717, 1.165) is 25.3 Å². The van der Waals surface area contributed by atoms with E-state index in [-0.39, 0.29) is 0 Å². The molecular weight excluding hydrogens is 310 g/mol. The van der Waals surface area contributed by atoms with Crippen molar-refractivity contribution in [2.24, 2.45) is 0 Å². The van der Waals surface area contributed by atoms with Crippen LogP contribution in [0.15, 0.2) is 42.7 Å². The maximum atomic E-state index is 4.73. The number of aryl methyl sites for hydroxylation is 2. The summed E-state index contributed by atoms with van der Waals surface area (Å²) in [7, 11) is 0. The normalized spacial score (nSPS) is 12.5. The van der Waals surface area contributed by atoms with Crippen LogP contribution in [0, 0.1) is 20.8 Å². The lowest BCUT2D eigenvalue weighted by molar-refractivity contribution is 0.449. The number of rotatable bonds is 7. The first kappa shape index (κ1) is 17.4. The maximum absolute atomic E-state index is 4.73. The molecule has 0 aliphatic heterocycles. The fourth-order valence-electron chi connectivity index (χ4n) is 3.09. The van der Waals surface area contributed by atoms with Gasteiger partial charge in [-0.05, 0) is 38.8 Å². The van der Waals surface area contributed by atoms with Crippen molar-refractivity contribution in [3.05, 3.63) is 70.8 Å². The van der Waals surface area contributed by atoms with Gasteiger partial charge in [-0.15, -0.1) is 0 Å². The molecule has 132 valence electrons. The molecule has 2 aromatic heterocycles. The van der Waals surface area contributed by atoms with Gasteiger partial charge in [0.15, 0.2) is 0 Å². The van der Waals surface area contributed by atoms with E-state index in [1.807, 2.05) is 16.9 Å². The van der Waals surface area contributed by atoms with Crippen molar-refractivity contribution in [2.45, 2.75) is 53.4 Å².